The van der Waals surface area contributed by atoms with E-state index in [1.807, 2.05) is 26.0 Å². The lowest BCUT2D eigenvalue weighted by atomic mass is 9.97. The van der Waals surface area contributed by atoms with Crippen LogP contribution in [0.5, 0.6) is 0 Å². The van der Waals surface area contributed by atoms with Crippen molar-refractivity contribution >= 4 is 88.2 Å². The number of aromatic nitrogens is 3. The summed E-state index contributed by atoms with van der Waals surface area (Å²) < 4.78 is 13.7. The lowest BCUT2D eigenvalue weighted by Gasteiger charge is -2.12. The molecule has 326 valence electrons. The summed E-state index contributed by atoms with van der Waals surface area (Å²) in [5, 5.41) is 8.37. The number of nitrogens with zero attached hydrogens (tertiary/aromatic N) is 3. The maximum atomic E-state index is 6.50. The Bertz CT molecular complexity index is 4060. The van der Waals surface area contributed by atoms with E-state index in [4.69, 9.17) is 4.42 Å². The minimum atomic E-state index is 0.861. The second-order valence-corrected chi connectivity index (χ2v) is 17.2. The van der Waals surface area contributed by atoms with Crippen LogP contribution in [0.4, 0.5) is 0 Å². The van der Waals surface area contributed by atoms with E-state index in [9.17, 15) is 0 Å². The summed E-state index contributed by atoms with van der Waals surface area (Å²) in [5.41, 5.74) is 18.3. The Labute approximate surface area is 395 Å². The molecular weight excluding hydrogens is 827 g/mol. The maximum Gasteiger partial charge on any atom is 0.135 e. The van der Waals surface area contributed by atoms with Crippen molar-refractivity contribution in [1.29, 1.82) is 0 Å². The number of hydrogen-bond donors (Lipinski definition) is 0. The number of rotatable bonds is 7. The van der Waals surface area contributed by atoms with Crippen LogP contribution >= 0.6 is 0 Å². The summed E-state index contributed by atoms with van der Waals surface area (Å²) in [6.07, 6.45) is 17.8. The van der Waals surface area contributed by atoms with Gasteiger partial charge in [0.15, 0.2) is 0 Å². The molecule has 8 aromatic carbocycles. The van der Waals surface area contributed by atoms with Crippen LogP contribution in [-0.2, 0) is 6.42 Å². The predicted molar refractivity (Wildman–Crippen MR) is 291 cm³/mol. The number of para-hydroxylation sites is 3. The lowest BCUT2D eigenvalue weighted by Crippen LogP contribution is -2.01. The van der Waals surface area contributed by atoms with Gasteiger partial charge in [0.2, 0.25) is 0 Å². The molecule has 0 atom stereocenters. The number of benzene rings is 8. The summed E-state index contributed by atoms with van der Waals surface area (Å²) in [6, 6.07) is 62.1. The quantitative estimate of drug-likeness (QED) is 0.147. The van der Waals surface area contributed by atoms with E-state index in [0.717, 1.165) is 50.9 Å². The van der Waals surface area contributed by atoms with Gasteiger partial charge in [0, 0.05) is 72.5 Å². The third kappa shape index (κ3) is 6.44. The predicted octanol–water partition coefficient (Wildman–Crippen LogP) is 17.8. The van der Waals surface area contributed by atoms with Gasteiger partial charge in [-0.15, -0.1) is 0 Å². The molecule has 13 rings (SSSR count). The number of hydrogen-bond acceptors (Lipinski definition) is 1. The monoisotopic (exact) mass is 875 g/mol. The highest BCUT2D eigenvalue weighted by Crippen LogP contribution is 2.41. The van der Waals surface area contributed by atoms with E-state index in [0.29, 0.717) is 0 Å². The van der Waals surface area contributed by atoms with Gasteiger partial charge in [-0.3, -0.25) is 0 Å². The fraction of sp³-hybridized carbons (Fsp3) is 0.0625. The van der Waals surface area contributed by atoms with Gasteiger partial charge in [-0.05, 0) is 114 Å². The van der Waals surface area contributed by atoms with Crippen molar-refractivity contribution in [3.63, 3.8) is 0 Å². The third-order valence-electron chi connectivity index (χ3n) is 13.6. The van der Waals surface area contributed by atoms with Gasteiger partial charge < -0.3 is 18.1 Å². The SMILES string of the molecule is C=C/C=C\C(=C/C)n1c2c(c3ccc(-c4cccc(-c5ccc6c(c5)c5ccccc5n6-c5ccc6oc7ccc(-n8c9ccccc9c9ccccc98)cc7c6c5)c4)cc31)C=CC=CC2.CC. The summed E-state index contributed by atoms with van der Waals surface area (Å²) in [4.78, 5) is 0. The molecule has 4 nitrogen and oxygen atoms in total. The van der Waals surface area contributed by atoms with Crippen LogP contribution in [0.1, 0.15) is 32.0 Å². The van der Waals surface area contributed by atoms with E-state index in [1.165, 1.54) is 82.5 Å². The Morgan fingerprint density at radius 2 is 1.06 bits per heavy atom. The minimum absolute atomic E-state index is 0.861. The molecule has 0 radical (unpaired) electrons. The molecule has 0 saturated heterocycles. The van der Waals surface area contributed by atoms with Crippen molar-refractivity contribution in [2.75, 3.05) is 0 Å². The van der Waals surface area contributed by atoms with E-state index < -0.39 is 0 Å². The standard InChI is InChI=1S/C62H43N3O.C2H6/c1-3-5-18-44(4-2)63-55-23-8-6-7-19-49(55)51-31-27-43(37-60(51)63)41-17-15-16-40(35-41)42-28-32-59-52(36-42)50-22-11-14-26-58(50)65(59)46-30-34-62-54(39-46)53-38-45(29-33-61(53)66-62)64-56-24-12-9-20-47(56)48-21-10-13-25-57(48)64;1-2/h3-22,24-39H,1,23H2,2H3;1-2H3/b18-5-,44-4+;. The first-order chi connectivity index (χ1) is 33.6. The van der Waals surface area contributed by atoms with Gasteiger partial charge in [-0.1, -0.05) is 154 Å². The molecule has 0 N–H and O–H groups in total. The Morgan fingerprint density at radius 3 is 1.68 bits per heavy atom. The second-order valence-electron chi connectivity index (χ2n) is 17.2. The fourth-order valence-electron chi connectivity index (χ4n) is 10.6. The van der Waals surface area contributed by atoms with Gasteiger partial charge in [-0.2, -0.15) is 0 Å². The molecule has 0 spiro atoms. The molecule has 0 amide bonds. The van der Waals surface area contributed by atoms with Gasteiger partial charge in [0.05, 0.1) is 27.6 Å². The molecule has 1 aliphatic rings. The molecule has 4 heterocycles. The molecule has 0 fully saturated rings. The van der Waals surface area contributed by atoms with Gasteiger partial charge in [0.25, 0.3) is 0 Å². The van der Waals surface area contributed by atoms with Crippen LogP contribution in [0.25, 0.3) is 122 Å². The van der Waals surface area contributed by atoms with Crippen LogP contribution < -0.4 is 0 Å². The molecule has 4 heteroatoms. The first-order valence-electron chi connectivity index (χ1n) is 23.7. The number of allylic oxidation sites excluding steroid dienone is 8. The van der Waals surface area contributed by atoms with Crippen molar-refractivity contribution in [2.45, 2.75) is 27.2 Å². The van der Waals surface area contributed by atoms with Crippen molar-refractivity contribution < 1.29 is 4.42 Å². The number of fused-ring (bicyclic) bond motifs is 12. The van der Waals surface area contributed by atoms with Crippen LogP contribution in [0, 0.1) is 0 Å². The van der Waals surface area contributed by atoms with Gasteiger partial charge in [-0.25, -0.2) is 0 Å². The van der Waals surface area contributed by atoms with Crippen LogP contribution in [-0.4, -0.2) is 13.7 Å². The van der Waals surface area contributed by atoms with Crippen molar-refractivity contribution in [1.82, 2.24) is 13.7 Å². The van der Waals surface area contributed by atoms with Crippen LogP contribution in [0.2, 0.25) is 0 Å². The summed E-state index contributed by atoms with van der Waals surface area (Å²) in [7, 11) is 0. The molecule has 1 aliphatic carbocycles. The third-order valence-corrected chi connectivity index (χ3v) is 13.6. The second kappa shape index (κ2) is 16.7. The van der Waals surface area contributed by atoms with Crippen LogP contribution in [0.3, 0.4) is 0 Å². The largest absolute Gasteiger partial charge is 0.456 e. The first kappa shape index (κ1) is 40.9. The van der Waals surface area contributed by atoms with Gasteiger partial charge in [0.1, 0.15) is 11.2 Å². The normalized spacial score (nSPS) is 12.8. The molecule has 0 aliphatic heterocycles. The zero-order chi connectivity index (χ0) is 45.9. The van der Waals surface area contributed by atoms with E-state index >= 15 is 0 Å². The highest BCUT2D eigenvalue weighted by Gasteiger charge is 2.20. The molecule has 0 unspecified atom stereocenters. The van der Waals surface area contributed by atoms with E-state index in [-0.39, 0.29) is 0 Å². The van der Waals surface area contributed by atoms with Crippen molar-refractivity contribution in [2.24, 2.45) is 0 Å². The molecule has 0 bridgehead atoms. The maximum absolute atomic E-state index is 6.50. The zero-order valence-corrected chi connectivity index (χ0v) is 38.4. The van der Waals surface area contributed by atoms with E-state index in [1.54, 1.807) is 0 Å². The average molecular weight is 876 g/mol. The fourth-order valence-corrected chi connectivity index (χ4v) is 10.6. The lowest BCUT2D eigenvalue weighted by molar-refractivity contribution is 0.669. The Kier molecular flexibility index (Phi) is 10.0. The van der Waals surface area contributed by atoms with Crippen molar-refractivity contribution in [3.05, 3.63) is 230 Å². The summed E-state index contributed by atoms with van der Waals surface area (Å²) in [6.45, 7) is 10.0. The van der Waals surface area contributed by atoms with E-state index in [2.05, 4.69) is 234 Å². The minimum Gasteiger partial charge on any atom is -0.456 e. The first-order valence-corrected chi connectivity index (χ1v) is 23.7. The van der Waals surface area contributed by atoms with Crippen LogP contribution in [0.15, 0.2) is 223 Å². The van der Waals surface area contributed by atoms with Gasteiger partial charge >= 0.3 is 0 Å². The molecule has 12 aromatic rings. The molecule has 68 heavy (non-hydrogen) atoms. The zero-order valence-electron chi connectivity index (χ0n) is 38.4. The smallest absolute Gasteiger partial charge is 0.135 e. The summed E-state index contributed by atoms with van der Waals surface area (Å²) >= 11 is 0. The molecular formula is C64H49N3O. The summed E-state index contributed by atoms with van der Waals surface area (Å²) in [5.74, 6) is 0. The molecule has 4 aromatic heterocycles. The highest BCUT2D eigenvalue weighted by atomic mass is 16.3. The topological polar surface area (TPSA) is 27.9 Å². The Morgan fingerprint density at radius 1 is 0.500 bits per heavy atom. The average Bonchev–Trinajstić information content (AvgIpc) is 4.07. The number of furan rings is 1. The molecule has 0 saturated carbocycles. The Balaban J connectivity index is 0.00000237. The Hall–Kier alpha value is -8.60. The van der Waals surface area contributed by atoms with Crippen molar-refractivity contribution in [3.8, 4) is 33.6 Å². The highest BCUT2D eigenvalue weighted by molar-refractivity contribution is 6.13.